The second-order valence-corrected chi connectivity index (χ2v) is 7.24. The van der Waals surface area contributed by atoms with Gasteiger partial charge >= 0.3 is 0 Å². The molecule has 0 spiro atoms. The molecule has 1 heterocycles. The number of rotatable bonds is 16. The van der Waals surface area contributed by atoms with E-state index in [0.717, 1.165) is 26.1 Å². The van der Waals surface area contributed by atoms with E-state index in [1.807, 2.05) is 0 Å². The molecule has 2 heteroatoms. The van der Waals surface area contributed by atoms with E-state index in [2.05, 4.69) is 31.2 Å². The summed E-state index contributed by atoms with van der Waals surface area (Å²) in [5, 5.41) is 0. The Balaban J connectivity index is 1.74. The van der Waals surface area contributed by atoms with Gasteiger partial charge in [-0.05, 0) is 57.8 Å². The van der Waals surface area contributed by atoms with E-state index < -0.39 is 0 Å². The normalized spacial score (nSPS) is 18.5. The van der Waals surface area contributed by atoms with Crippen LogP contribution in [0.5, 0.6) is 0 Å². The first-order valence-electron chi connectivity index (χ1n) is 11.0. The van der Waals surface area contributed by atoms with Crippen LogP contribution in [0.1, 0.15) is 103 Å². The summed E-state index contributed by atoms with van der Waals surface area (Å²) in [4.78, 5) is 0. The lowest BCUT2D eigenvalue weighted by molar-refractivity contribution is -0.161. The molecule has 0 N–H and O–H groups in total. The van der Waals surface area contributed by atoms with Crippen molar-refractivity contribution in [1.82, 2.24) is 0 Å². The first-order valence-corrected chi connectivity index (χ1v) is 11.0. The molecule has 1 atom stereocenters. The lowest BCUT2D eigenvalue weighted by atomic mass is 10.1. The molecule has 1 aliphatic heterocycles. The third kappa shape index (κ3) is 15.4. The van der Waals surface area contributed by atoms with E-state index in [1.165, 1.54) is 83.5 Å². The van der Waals surface area contributed by atoms with Gasteiger partial charge in [0.1, 0.15) is 0 Å². The summed E-state index contributed by atoms with van der Waals surface area (Å²) in [5.41, 5.74) is 0. The third-order valence-corrected chi connectivity index (χ3v) is 4.78. The highest BCUT2D eigenvalue weighted by molar-refractivity contribution is 4.82. The number of hydrogen-bond donors (Lipinski definition) is 0. The minimum atomic E-state index is 0.0639. The summed E-state index contributed by atoms with van der Waals surface area (Å²) in [6.07, 6.45) is 28.6. The molecule has 0 aromatic heterocycles. The Hall–Kier alpha value is -0.600. The molecule has 0 aliphatic carbocycles. The Morgan fingerprint density at radius 3 is 1.96 bits per heavy atom. The molecule has 0 saturated carbocycles. The average molecular weight is 351 g/mol. The van der Waals surface area contributed by atoms with Gasteiger partial charge in [0.15, 0.2) is 6.29 Å². The smallest absolute Gasteiger partial charge is 0.157 e. The largest absolute Gasteiger partial charge is 0.353 e. The van der Waals surface area contributed by atoms with Crippen molar-refractivity contribution in [1.29, 1.82) is 0 Å². The van der Waals surface area contributed by atoms with Crippen molar-refractivity contribution in [2.75, 3.05) is 13.2 Å². The molecule has 146 valence electrons. The third-order valence-electron chi connectivity index (χ3n) is 4.78. The van der Waals surface area contributed by atoms with E-state index >= 15 is 0 Å². The lowest BCUT2D eigenvalue weighted by Gasteiger charge is -2.22. The second-order valence-electron chi connectivity index (χ2n) is 7.24. The SMILES string of the molecule is CCCC/C=C\CCCCCCCC/C=C/CCOC1CCCCO1. The maximum atomic E-state index is 5.72. The van der Waals surface area contributed by atoms with E-state index in [1.54, 1.807) is 0 Å². The molecule has 1 aliphatic rings. The molecular weight excluding hydrogens is 308 g/mol. The van der Waals surface area contributed by atoms with E-state index in [4.69, 9.17) is 9.47 Å². The van der Waals surface area contributed by atoms with Gasteiger partial charge in [-0.3, -0.25) is 0 Å². The Bertz CT molecular complexity index is 316. The first-order chi connectivity index (χ1) is 12.4. The van der Waals surface area contributed by atoms with Gasteiger partial charge in [-0.2, -0.15) is 0 Å². The Morgan fingerprint density at radius 2 is 1.36 bits per heavy atom. The van der Waals surface area contributed by atoms with Crippen molar-refractivity contribution in [2.24, 2.45) is 0 Å². The zero-order chi connectivity index (χ0) is 17.8. The zero-order valence-corrected chi connectivity index (χ0v) is 16.7. The van der Waals surface area contributed by atoms with Gasteiger partial charge in [-0.25, -0.2) is 0 Å². The highest BCUT2D eigenvalue weighted by atomic mass is 16.7. The van der Waals surface area contributed by atoms with Gasteiger partial charge in [-0.1, -0.05) is 69.8 Å². The van der Waals surface area contributed by atoms with Crippen molar-refractivity contribution in [3.8, 4) is 0 Å². The summed E-state index contributed by atoms with van der Waals surface area (Å²) < 4.78 is 11.3. The molecule has 1 fully saturated rings. The molecule has 0 radical (unpaired) electrons. The van der Waals surface area contributed by atoms with Crippen molar-refractivity contribution < 1.29 is 9.47 Å². The molecule has 1 saturated heterocycles. The number of allylic oxidation sites excluding steroid dienone is 3. The van der Waals surface area contributed by atoms with E-state index in [9.17, 15) is 0 Å². The zero-order valence-electron chi connectivity index (χ0n) is 16.7. The van der Waals surface area contributed by atoms with Crippen LogP contribution in [0.25, 0.3) is 0 Å². The van der Waals surface area contributed by atoms with Gasteiger partial charge < -0.3 is 9.47 Å². The maximum absolute atomic E-state index is 5.72. The van der Waals surface area contributed by atoms with Crippen LogP contribution in [-0.2, 0) is 9.47 Å². The fourth-order valence-electron chi connectivity index (χ4n) is 3.14. The van der Waals surface area contributed by atoms with Gasteiger partial charge in [0.05, 0.1) is 6.61 Å². The molecule has 0 aromatic rings. The fourth-order valence-corrected chi connectivity index (χ4v) is 3.14. The predicted molar refractivity (Wildman–Crippen MR) is 109 cm³/mol. The Morgan fingerprint density at radius 1 is 0.760 bits per heavy atom. The molecule has 1 rings (SSSR count). The molecule has 2 nitrogen and oxygen atoms in total. The van der Waals surface area contributed by atoms with E-state index in [-0.39, 0.29) is 6.29 Å². The monoisotopic (exact) mass is 350 g/mol. The van der Waals surface area contributed by atoms with Crippen LogP contribution < -0.4 is 0 Å². The molecule has 0 amide bonds. The van der Waals surface area contributed by atoms with E-state index in [0.29, 0.717) is 0 Å². The summed E-state index contributed by atoms with van der Waals surface area (Å²) in [6.45, 7) is 3.93. The average Bonchev–Trinajstić information content (AvgIpc) is 2.65. The van der Waals surface area contributed by atoms with Crippen LogP contribution in [0.15, 0.2) is 24.3 Å². The predicted octanol–water partition coefficient (Wildman–Crippen LogP) is 7.34. The summed E-state index contributed by atoms with van der Waals surface area (Å²) >= 11 is 0. The molecule has 0 bridgehead atoms. The molecule has 0 aromatic carbocycles. The Kier molecular flexibility index (Phi) is 16.3. The molecule has 25 heavy (non-hydrogen) atoms. The standard InChI is InChI=1S/C23H42O2/c1-2-3-4-5-6-7-8-9-10-11-12-13-14-15-16-18-21-24-23-20-17-19-22-25-23/h5-6,15-16,23H,2-4,7-14,17-22H2,1H3/b6-5-,16-15+. The highest BCUT2D eigenvalue weighted by Crippen LogP contribution is 2.14. The van der Waals surface area contributed by atoms with Crippen LogP contribution in [0, 0.1) is 0 Å². The fraction of sp³-hybridized carbons (Fsp3) is 0.826. The van der Waals surface area contributed by atoms with Gasteiger partial charge in [-0.15, -0.1) is 0 Å². The van der Waals surface area contributed by atoms with Crippen molar-refractivity contribution in [2.45, 2.75) is 110 Å². The van der Waals surface area contributed by atoms with Crippen LogP contribution in [0.2, 0.25) is 0 Å². The quantitative estimate of drug-likeness (QED) is 0.214. The van der Waals surface area contributed by atoms with Crippen LogP contribution in [0.4, 0.5) is 0 Å². The number of hydrogen-bond acceptors (Lipinski definition) is 2. The highest BCUT2D eigenvalue weighted by Gasteiger charge is 2.12. The summed E-state index contributed by atoms with van der Waals surface area (Å²) in [7, 11) is 0. The number of ether oxygens (including phenoxy) is 2. The molecular formula is C23H42O2. The number of unbranched alkanes of at least 4 members (excludes halogenated alkanes) is 9. The van der Waals surface area contributed by atoms with Crippen molar-refractivity contribution >= 4 is 0 Å². The maximum Gasteiger partial charge on any atom is 0.157 e. The van der Waals surface area contributed by atoms with Gasteiger partial charge in [0.25, 0.3) is 0 Å². The van der Waals surface area contributed by atoms with Crippen LogP contribution in [0.3, 0.4) is 0 Å². The lowest BCUT2D eigenvalue weighted by Crippen LogP contribution is -2.22. The van der Waals surface area contributed by atoms with Crippen LogP contribution >= 0.6 is 0 Å². The Labute approximate surface area is 157 Å². The minimum absolute atomic E-state index is 0.0639. The first kappa shape index (κ1) is 22.4. The summed E-state index contributed by atoms with van der Waals surface area (Å²) in [5.74, 6) is 0. The van der Waals surface area contributed by atoms with Gasteiger partial charge in [0.2, 0.25) is 0 Å². The summed E-state index contributed by atoms with van der Waals surface area (Å²) in [6, 6.07) is 0. The minimum Gasteiger partial charge on any atom is -0.353 e. The van der Waals surface area contributed by atoms with Crippen molar-refractivity contribution in [3.63, 3.8) is 0 Å². The topological polar surface area (TPSA) is 18.5 Å². The van der Waals surface area contributed by atoms with Gasteiger partial charge in [0, 0.05) is 6.61 Å². The van der Waals surface area contributed by atoms with Crippen LogP contribution in [-0.4, -0.2) is 19.5 Å². The second kappa shape index (κ2) is 18.2. The molecule has 1 unspecified atom stereocenters. The van der Waals surface area contributed by atoms with Crippen molar-refractivity contribution in [3.05, 3.63) is 24.3 Å².